The van der Waals surface area contributed by atoms with Gasteiger partial charge in [-0.25, -0.2) is 8.42 Å². The summed E-state index contributed by atoms with van der Waals surface area (Å²) in [5, 5.41) is 17.6. The van der Waals surface area contributed by atoms with Gasteiger partial charge in [0.2, 0.25) is 10.0 Å². The van der Waals surface area contributed by atoms with Crippen LogP contribution >= 0.6 is 23.2 Å². The van der Waals surface area contributed by atoms with E-state index in [1.54, 1.807) is 0 Å². The van der Waals surface area contributed by atoms with Crippen LogP contribution in [0.3, 0.4) is 0 Å². The monoisotopic (exact) mass is 465 g/mol. The van der Waals surface area contributed by atoms with Crippen LogP contribution in [0.1, 0.15) is 11.7 Å². The fourth-order valence-electron chi connectivity index (χ4n) is 4.02. The van der Waals surface area contributed by atoms with Crippen LogP contribution in [0.25, 0.3) is 11.1 Å². The molecule has 0 saturated carbocycles. The molecule has 2 atom stereocenters. The second kappa shape index (κ2) is 8.35. The second-order valence-electron chi connectivity index (χ2n) is 7.40. The maximum atomic E-state index is 12.0. The molecule has 0 amide bonds. The van der Waals surface area contributed by atoms with Crippen molar-refractivity contribution in [1.29, 1.82) is 5.26 Å². The molecular formula is C20H21Cl2N5O2S. The van der Waals surface area contributed by atoms with Crippen LogP contribution in [-0.2, 0) is 10.0 Å². The molecule has 0 spiro atoms. The van der Waals surface area contributed by atoms with E-state index in [4.69, 9.17) is 23.2 Å². The van der Waals surface area contributed by atoms with E-state index in [0.29, 0.717) is 29.8 Å². The first kappa shape index (κ1) is 21.4. The van der Waals surface area contributed by atoms with Crippen LogP contribution < -0.4 is 10.6 Å². The predicted molar refractivity (Wildman–Crippen MR) is 119 cm³/mol. The van der Waals surface area contributed by atoms with Crippen molar-refractivity contribution in [3.63, 3.8) is 0 Å². The largest absolute Gasteiger partial charge is 0.372 e. The quantitative estimate of drug-likeness (QED) is 0.723. The Morgan fingerprint density at radius 1 is 1.17 bits per heavy atom. The van der Waals surface area contributed by atoms with Crippen molar-refractivity contribution in [3.8, 4) is 17.2 Å². The summed E-state index contributed by atoms with van der Waals surface area (Å²) in [7, 11) is -3.43. The van der Waals surface area contributed by atoms with Gasteiger partial charge in [-0.2, -0.15) is 9.57 Å². The summed E-state index contributed by atoms with van der Waals surface area (Å²) in [6, 6.07) is 12.8. The highest BCUT2D eigenvalue weighted by atomic mass is 35.5. The lowest BCUT2D eigenvalue weighted by Gasteiger charge is -2.43. The number of sulfonamides is 1. The van der Waals surface area contributed by atoms with E-state index >= 15 is 0 Å². The van der Waals surface area contributed by atoms with Gasteiger partial charge in [-0.3, -0.25) is 10.2 Å². The van der Waals surface area contributed by atoms with Crippen LogP contribution in [-0.4, -0.2) is 56.2 Å². The van der Waals surface area contributed by atoms with Gasteiger partial charge >= 0.3 is 0 Å². The van der Waals surface area contributed by atoms with Crippen LogP contribution in [0, 0.1) is 11.3 Å². The highest BCUT2D eigenvalue weighted by Gasteiger charge is 2.37. The maximum absolute atomic E-state index is 12.0. The van der Waals surface area contributed by atoms with Gasteiger partial charge in [0.1, 0.15) is 6.04 Å². The van der Waals surface area contributed by atoms with Gasteiger partial charge in [-0.05, 0) is 29.8 Å². The minimum absolute atomic E-state index is 0.165. The van der Waals surface area contributed by atoms with E-state index in [2.05, 4.69) is 21.6 Å². The Bertz CT molecular complexity index is 1100. The molecule has 2 aromatic carbocycles. The summed E-state index contributed by atoms with van der Waals surface area (Å²) >= 11 is 12.6. The van der Waals surface area contributed by atoms with E-state index < -0.39 is 16.1 Å². The SMILES string of the molecule is CS(=O)(=O)N1CCN(C2NCNc3cc(Cl)c(-c4ccc(Cl)cc4)cc32)CC1C#N. The summed E-state index contributed by atoms with van der Waals surface area (Å²) in [6.07, 6.45) is 0.980. The molecule has 0 aliphatic carbocycles. The molecule has 7 nitrogen and oxygen atoms in total. The van der Waals surface area contributed by atoms with E-state index in [1.807, 2.05) is 36.4 Å². The Morgan fingerprint density at radius 3 is 2.57 bits per heavy atom. The predicted octanol–water partition coefficient (Wildman–Crippen LogP) is 3.10. The zero-order valence-electron chi connectivity index (χ0n) is 16.3. The third kappa shape index (κ3) is 4.14. The fraction of sp³-hybridized carbons (Fsp3) is 0.350. The van der Waals surface area contributed by atoms with Crippen LogP contribution in [0.2, 0.25) is 10.0 Å². The summed E-state index contributed by atoms with van der Waals surface area (Å²) in [5.41, 5.74) is 3.75. The topological polar surface area (TPSA) is 88.5 Å². The highest BCUT2D eigenvalue weighted by molar-refractivity contribution is 7.88. The number of halogens is 2. The highest BCUT2D eigenvalue weighted by Crippen LogP contribution is 2.38. The molecular weight excluding hydrogens is 445 g/mol. The number of fused-ring (bicyclic) bond motifs is 1. The Balaban J connectivity index is 1.68. The number of nitriles is 1. The van der Waals surface area contributed by atoms with E-state index in [0.717, 1.165) is 28.6 Å². The van der Waals surface area contributed by atoms with Crippen molar-refractivity contribution < 1.29 is 8.42 Å². The third-order valence-electron chi connectivity index (χ3n) is 5.47. The molecule has 2 N–H and O–H groups in total. The smallest absolute Gasteiger partial charge is 0.212 e. The Morgan fingerprint density at radius 2 is 1.90 bits per heavy atom. The number of nitrogens with zero attached hydrogens (tertiary/aromatic N) is 3. The van der Waals surface area contributed by atoms with Gasteiger partial charge < -0.3 is 5.32 Å². The molecule has 10 heteroatoms. The lowest BCUT2D eigenvalue weighted by Crippen LogP contribution is -2.57. The van der Waals surface area contributed by atoms with Gasteiger partial charge in [-0.15, -0.1) is 0 Å². The van der Waals surface area contributed by atoms with Gasteiger partial charge in [0, 0.05) is 41.5 Å². The number of hydrogen-bond acceptors (Lipinski definition) is 6. The molecule has 0 radical (unpaired) electrons. The molecule has 2 aromatic rings. The van der Waals surface area contributed by atoms with Gasteiger partial charge in [0.05, 0.1) is 30.2 Å². The van der Waals surface area contributed by atoms with Crippen molar-refractivity contribution in [2.45, 2.75) is 12.2 Å². The average molecular weight is 466 g/mol. The average Bonchev–Trinajstić information content (AvgIpc) is 2.72. The first-order valence-corrected chi connectivity index (χ1v) is 12.1. The van der Waals surface area contributed by atoms with Crippen LogP contribution in [0.4, 0.5) is 5.69 Å². The number of rotatable bonds is 3. The summed E-state index contributed by atoms with van der Waals surface area (Å²) in [5.74, 6) is 0. The maximum Gasteiger partial charge on any atom is 0.212 e. The van der Waals surface area contributed by atoms with Crippen molar-refractivity contribution in [2.24, 2.45) is 0 Å². The van der Waals surface area contributed by atoms with Crippen LogP contribution in [0.5, 0.6) is 0 Å². The van der Waals surface area contributed by atoms with Crippen molar-refractivity contribution in [1.82, 2.24) is 14.5 Å². The molecule has 1 fully saturated rings. The minimum atomic E-state index is -3.43. The zero-order chi connectivity index (χ0) is 21.5. The molecule has 2 aliphatic heterocycles. The second-order valence-corrected chi connectivity index (χ2v) is 10.2. The van der Waals surface area contributed by atoms with Gasteiger partial charge in [0.25, 0.3) is 0 Å². The molecule has 0 bridgehead atoms. The van der Waals surface area contributed by atoms with E-state index in [9.17, 15) is 13.7 Å². The molecule has 30 heavy (non-hydrogen) atoms. The molecule has 2 unspecified atom stereocenters. The molecule has 2 aliphatic rings. The lowest BCUT2D eigenvalue weighted by molar-refractivity contribution is 0.0961. The lowest BCUT2D eigenvalue weighted by atomic mass is 9.98. The van der Waals surface area contributed by atoms with Crippen LogP contribution in [0.15, 0.2) is 36.4 Å². The molecule has 158 valence electrons. The van der Waals surface area contributed by atoms with Crippen molar-refractivity contribution in [2.75, 3.05) is 37.9 Å². The first-order chi connectivity index (χ1) is 14.3. The standard InChI is InChI=1S/C20H21Cl2N5O2S/c1-30(28,29)27-7-6-26(11-15(27)10-23)20-17-8-16(13-2-4-14(21)5-3-13)18(22)9-19(17)24-12-25-20/h2-5,8-9,15,20,24-25H,6-7,11-12H2,1H3. The number of benzene rings is 2. The van der Waals surface area contributed by atoms with Gasteiger partial charge in [-0.1, -0.05) is 35.3 Å². The summed E-state index contributed by atoms with van der Waals surface area (Å²) in [6.45, 7) is 1.65. The Hall–Kier alpha value is -1.86. The molecule has 2 heterocycles. The third-order valence-corrected chi connectivity index (χ3v) is 7.32. The summed E-state index contributed by atoms with van der Waals surface area (Å²) < 4.78 is 25.3. The Labute approximate surface area is 186 Å². The number of piperazine rings is 1. The fourth-order valence-corrected chi connectivity index (χ4v) is 5.41. The number of hydrogen-bond donors (Lipinski definition) is 2. The Kier molecular flexibility index (Phi) is 5.95. The molecule has 0 aromatic heterocycles. The number of anilines is 1. The van der Waals surface area contributed by atoms with E-state index in [-0.39, 0.29) is 12.7 Å². The summed E-state index contributed by atoms with van der Waals surface area (Å²) in [4.78, 5) is 2.11. The van der Waals surface area contributed by atoms with Crippen molar-refractivity contribution in [3.05, 3.63) is 52.0 Å². The van der Waals surface area contributed by atoms with Gasteiger partial charge in [0.15, 0.2) is 0 Å². The normalized spacial score (nSPS) is 22.7. The first-order valence-electron chi connectivity index (χ1n) is 9.45. The molecule has 4 rings (SSSR count). The number of nitrogens with one attached hydrogen (secondary N) is 2. The zero-order valence-corrected chi connectivity index (χ0v) is 18.6. The minimum Gasteiger partial charge on any atom is -0.372 e. The van der Waals surface area contributed by atoms with E-state index in [1.165, 1.54) is 4.31 Å². The van der Waals surface area contributed by atoms with Crippen molar-refractivity contribution >= 4 is 38.9 Å². The molecule has 1 saturated heterocycles.